The lowest BCUT2D eigenvalue weighted by Gasteiger charge is -2.45. The van der Waals surface area contributed by atoms with Gasteiger partial charge in [0.05, 0.1) is 32.5 Å². The fourth-order valence-electron chi connectivity index (χ4n) is 6.68. The lowest BCUT2D eigenvalue weighted by molar-refractivity contribution is -0.125. The Balaban J connectivity index is 0.000000168. The molecule has 2 saturated heterocycles. The van der Waals surface area contributed by atoms with E-state index in [4.69, 9.17) is 18.9 Å². The van der Waals surface area contributed by atoms with Gasteiger partial charge in [-0.25, -0.2) is 0 Å². The maximum Gasteiger partial charge on any atom is 0.185 e. The molecule has 2 fully saturated rings. The average molecular weight is 709 g/mol. The highest BCUT2D eigenvalue weighted by atomic mass is 79.9. The van der Waals surface area contributed by atoms with E-state index in [2.05, 4.69) is 97.7 Å². The second-order valence-electron chi connectivity index (χ2n) is 14.4. The van der Waals surface area contributed by atoms with Crippen LogP contribution in [0, 0.1) is 0 Å². The molecule has 42 heavy (non-hydrogen) atoms. The van der Waals surface area contributed by atoms with Crippen LogP contribution in [0.15, 0.2) is 33.2 Å². The van der Waals surface area contributed by atoms with E-state index in [1.807, 2.05) is 13.8 Å². The van der Waals surface area contributed by atoms with Crippen LogP contribution in [0.1, 0.15) is 114 Å². The molecule has 1 atom stereocenters. The molecule has 0 bridgehead atoms. The van der Waals surface area contributed by atoms with Crippen LogP contribution in [0.25, 0.3) is 0 Å². The first-order chi connectivity index (χ1) is 19.5. The molecular formula is C34H44Br2O6. The van der Waals surface area contributed by atoms with Crippen molar-refractivity contribution in [3.05, 3.63) is 66.6 Å². The van der Waals surface area contributed by atoms with E-state index in [9.17, 15) is 9.90 Å². The Morgan fingerprint density at radius 1 is 0.667 bits per heavy atom. The minimum absolute atomic E-state index is 0.0390. The Morgan fingerprint density at radius 3 is 1.57 bits per heavy atom. The van der Waals surface area contributed by atoms with Gasteiger partial charge in [-0.1, -0.05) is 73.4 Å². The number of ether oxygens (including phenoxy) is 4. The summed E-state index contributed by atoms with van der Waals surface area (Å²) in [6.45, 7) is 19.4. The molecule has 2 aromatic rings. The van der Waals surface area contributed by atoms with Gasteiger partial charge in [-0.3, -0.25) is 4.79 Å². The average Bonchev–Trinajstić information content (AvgIpc) is 3.61. The molecule has 0 saturated carbocycles. The van der Waals surface area contributed by atoms with E-state index in [0.717, 1.165) is 32.1 Å². The van der Waals surface area contributed by atoms with E-state index in [-0.39, 0.29) is 34.9 Å². The zero-order valence-electron chi connectivity index (χ0n) is 26.0. The largest absolute Gasteiger partial charge is 0.392 e. The van der Waals surface area contributed by atoms with Crippen LogP contribution in [0.3, 0.4) is 0 Å². The third kappa shape index (κ3) is 5.70. The second kappa shape index (κ2) is 11.3. The maximum atomic E-state index is 12.5. The van der Waals surface area contributed by atoms with E-state index in [1.54, 1.807) is 0 Å². The summed E-state index contributed by atoms with van der Waals surface area (Å²) in [6.07, 6.45) is 0.368. The van der Waals surface area contributed by atoms with Gasteiger partial charge in [-0.05, 0) is 77.6 Å². The molecule has 0 radical (unpaired) electrons. The molecular weight excluding hydrogens is 664 g/mol. The zero-order chi connectivity index (χ0) is 30.8. The summed E-state index contributed by atoms with van der Waals surface area (Å²) >= 11 is 7.31. The summed E-state index contributed by atoms with van der Waals surface area (Å²) < 4.78 is 24.5. The van der Waals surface area contributed by atoms with E-state index >= 15 is 0 Å². The van der Waals surface area contributed by atoms with Gasteiger partial charge in [0.25, 0.3) is 0 Å². The Hall–Kier alpha value is -1.13. The van der Waals surface area contributed by atoms with Crippen LogP contribution in [-0.2, 0) is 45.4 Å². The molecule has 6 nitrogen and oxygen atoms in total. The molecule has 8 heteroatoms. The van der Waals surface area contributed by atoms with Crippen LogP contribution < -0.4 is 0 Å². The van der Waals surface area contributed by atoms with Gasteiger partial charge in [-0.15, -0.1) is 0 Å². The molecule has 230 valence electrons. The van der Waals surface area contributed by atoms with Crippen LogP contribution in [-0.4, -0.2) is 43.4 Å². The van der Waals surface area contributed by atoms with E-state index in [1.165, 1.54) is 16.7 Å². The number of rotatable bonds is 2. The number of halogens is 2. The van der Waals surface area contributed by atoms with Crippen molar-refractivity contribution in [3.8, 4) is 0 Å². The number of hydrogen-bond acceptors (Lipinski definition) is 6. The second-order valence-corrected chi connectivity index (χ2v) is 16.1. The minimum atomic E-state index is -0.459. The first kappa shape index (κ1) is 32.3. The molecule has 2 aliphatic carbocycles. The van der Waals surface area contributed by atoms with Crippen molar-refractivity contribution in [1.82, 2.24) is 0 Å². The summed E-state index contributed by atoms with van der Waals surface area (Å²) in [5.41, 5.74) is 5.92. The van der Waals surface area contributed by atoms with Gasteiger partial charge >= 0.3 is 0 Å². The SMILES string of the molecule is CC1(C)CC(=O)C(C)(C)c2cc(C3OCCO3)c(Br)cc21.CC1(C)CC(O)C(C)(C)c2cc(C3OCCO3)c(Br)cc21. The molecule has 0 amide bonds. The molecule has 0 spiro atoms. The number of fused-ring (bicyclic) bond motifs is 2. The summed E-state index contributed by atoms with van der Waals surface area (Å²) in [5, 5.41) is 10.6. The highest BCUT2D eigenvalue weighted by Crippen LogP contribution is 2.49. The standard InChI is InChI=1S/C17H23BrO3.C17H21BrO3/c2*1-16(2)9-14(19)17(3,4)12-7-10(13(18)8-11(12)16)15-20-5-6-21-15/h7-8,14-15,19H,5-6,9H2,1-4H3;7-8,15H,5-6,9H2,1-4H3. The molecule has 1 unspecified atom stereocenters. The van der Waals surface area contributed by atoms with Crippen LogP contribution in [0.4, 0.5) is 0 Å². The maximum absolute atomic E-state index is 12.5. The fourth-order valence-corrected chi connectivity index (χ4v) is 7.74. The lowest BCUT2D eigenvalue weighted by atomic mass is 9.61. The Labute approximate surface area is 267 Å². The summed E-state index contributed by atoms with van der Waals surface area (Å²) in [7, 11) is 0. The monoisotopic (exact) mass is 706 g/mol. The Morgan fingerprint density at radius 2 is 1.10 bits per heavy atom. The predicted octanol–water partition coefficient (Wildman–Crippen LogP) is 7.84. The number of carbonyl (C=O) groups excluding carboxylic acids is 1. The van der Waals surface area contributed by atoms with Gasteiger partial charge < -0.3 is 24.1 Å². The first-order valence-corrected chi connectivity index (χ1v) is 16.4. The number of Topliss-reactive ketones (excluding diaryl/α,β-unsaturated/α-hetero) is 1. The van der Waals surface area contributed by atoms with Gasteiger partial charge in [-0.2, -0.15) is 0 Å². The smallest absolute Gasteiger partial charge is 0.185 e. The number of benzene rings is 2. The van der Waals surface area contributed by atoms with Crippen LogP contribution >= 0.6 is 31.9 Å². The molecule has 0 aromatic heterocycles. The van der Waals surface area contributed by atoms with Gasteiger partial charge in [0.15, 0.2) is 12.6 Å². The van der Waals surface area contributed by atoms with Gasteiger partial charge in [0, 0.05) is 37.3 Å². The highest BCUT2D eigenvalue weighted by Gasteiger charge is 2.45. The van der Waals surface area contributed by atoms with Crippen molar-refractivity contribution in [2.45, 2.75) is 109 Å². The lowest BCUT2D eigenvalue weighted by Crippen LogP contribution is -2.45. The molecule has 4 aliphatic rings. The van der Waals surface area contributed by atoms with Gasteiger partial charge in [0.1, 0.15) is 5.78 Å². The fraction of sp³-hybridized carbons (Fsp3) is 0.618. The minimum Gasteiger partial charge on any atom is -0.392 e. The summed E-state index contributed by atoms with van der Waals surface area (Å²) in [6, 6.07) is 8.57. The number of aliphatic hydroxyl groups excluding tert-OH is 1. The summed E-state index contributed by atoms with van der Waals surface area (Å²) in [5.74, 6) is 0.293. The van der Waals surface area contributed by atoms with E-state index in [0.29, 0.717) is 38.6 Å². The van der Waals surface area contributed by atoms with Crippen molar-refractivity contribution in [1.29, 1.82) is 0 Å². The predicted molar refractivity (Wildman–Crippen MR) is 170 cm³/mol. The third-order valence-electron chi connectivity index (χ3n) is 9.69. The van der Waals surface area contributed by atoms with Gasteiger partial charge in [0.2, 0.25) is 0 Å². The number of ketones is 1. The Bertz CT molecular complexity index is 1370. The van der Waals surface area contributed by atoms with Crippen molar-refractivity contribution in [2.75, 3.05) is 26.4 Å². The topological polar surface area (TPSA) is 74.2 Å². The van der Waals surface area contributed by atoms with Crippen molar-refractivity contribution < 1.29 is 28.8 Å². The Kier molecular flexibility index (Phi) is 8.72. The van der Waals surface area contributed by atoms with E-state index < -0.39 is 5.41 Å². The first-order valence-electron chi connectivity index (χ1n) is 14.8. The molecule has 2 aliphatic heterocycles. The summed E-state index contributed by atoms with van der Waals surface area (Å²) in [4.78, 5) is 12.5. The molecule has 6 rings (SSSR count). The molecule has 2 heterocycles. The van der Waals surface area contributed by atoms with Crippen LogP contribution in [0.5, 0.6) is 0 Å². The number of aliphatic hydroxyl groups is 1. The normalized spacial score (nSPS) is 25.9. The van der Waals surface area contributed by atoms with Crippen molar-refractivity contribution >= 4 is 37.6 Å². The number of hydrogen-bond donors (Lipinski definition) is 1. The molecule has 1 N–H and O–H groups in total. The number of carbonyl (C=O) groups is 1. The van der Waals surface area contributed by atoms with Crippen LogP contribution in [0.2, 0.25) is 0 Å². The highest BCUT2D eigenvalue weighted by molar-refractivity contribution is 9.10. The molecule has 2 aromatic carbocycles. The zero-order valence-corrected chi connectivity index (χ0v) is 29.2. The third-order valence-corrected chi connectivity index (χ3v) is 11.1. The van der Waals surface area contributed by atoms with Crippen molar-refractivity contribution in [3.63, 3.8) is 0 Å². The quantitative estimate of drug-likeness (QED) is 0.343. The van der Waals surface area contributed by atoms with Crippen molar-refractivity contribution in [2.24, 2.45) is 0 Å².